The number of amides is 3. The standard InChI is InChI=1S/C21H25N3O2/c1-15(18-9-6-10-20(13-18)23-16(2)25)22-21(26)24-12-11-19(14-24)17-7-4-3-5-8-17/h3-10,13,15,19H,11-12,14H2,1-2H3,(H,22,26)(H,23,25). The molecular weight excluding hydrogens is 326 g/mol. The largest absolute Gasteiger partial charge is 0.331 e. The third kappa shape index (κ3) is 4.42. The van der Waals surface area contributed by atoms with Crippen molar-refractivity contribution in [1.29, 1.82) is 0 Å². The lowest BCUT2D eigenvalue weighted by Gasteiger charge is -2.22. The molecule has 2 N–H and O–H groups in total. The minimum atomic E-state index is -0.132. The van der Waals surface area contributed by atoms with Crippen LogP contribution < -0.4 is 10.6 Å². The van der Waals surface area contributed by atoms with Gasteiger partial charge in [-0.1, -0.05) is 42.5 Å². The molecule has 5 nitrogen and oxygen atoms in total. The molecule has 136 valence electrons. The van der Waals surface area contributed by atoms with Gasteiger partial charge in [0.2, 0.25) is 5.91 Å². The van der Waals surface area contributed by atoms with Crippen LogP contribution in [0, 0.1) is 0 Å². The highest BCUT2D eigenvalue weighted by molar-refractivity contribution is 5.88. The van der Waals surface area contributed by atoms with Gasteiger partial charge in [0.05, 0.1) is 6.04 Å². The van der Waals surface area contributed by atoms with Crippen LogP contribution in [0.4, 0.5) is 10.5 Å². The highest BCUT2D eigenvalue weighted by atomic mass is 16.2. The molecule has 0 saturated carbocycles. The summed E-state index contributed by atoms with van der Waals surface area (Å²) in [5.74, 6) is 0.295. The Morgan fingerprint density at radius 3 is 2.62 bits per heavy atom. The summed E-state index contributed by atoms with van der Waals surface area (Å²) < 4.78 is 0. The van der Waals surface area contributed by atoms with E-state index < -0.39 is 0 Å². The average molecular weight is 351 g/mol. The van der Waals surface area contributed by atoms with Crippen LogP contribution in [0.3, 0.4) is 0 Å². The van der Waals surface area contributed by atoms with Gasteiger partial charge in [-0.25, -0.2) is 4.79 Å². The lowest BCUT2D eigenvalue weighted by Crippen LogP contribution is -2.39. The van der Waals surface area contributed by atoms with E-state index in [4.69, 9.17) is 0 Å². The van der Waals surface area contributed by atoms with E-state index in [1.807, 2.05) is 54.3 Å². The zero-order chi connectivity index (χ0) is 18.5. The van der Waals surface area contributed by atoms with Crippen LogP contribution in [0.1, 0.15) is 43.4 Å². The van der Waals surface area contributed by atoms with Crippen molar-refractivity contribution in [2.24, 2.45) is 0 Å². The number of hydrogen-bond donors (Lipinski definition) is 2. The smallest absolute Gasteiger partial charge is 0.317 e. The molecule has 0 spiro atoms. The lowest BCUT2D eigenvalue weighted by atomic mass is 9.99. The van der Waals surface area contributed by atoms with Gasteiger partial charge < -0.3 is 15.5 Å². The van der Waals surface area contributed by atoms with E-state index in [0.717, 1.165) is 30.8 Å². The molecule has 2 aromatic rings. The quantitative estimate of drug-likeness (QED) is 0.877. The molecule has 0 radical (unpaired) electrons. The molecule has 0 bridgehead atoms. The molecule has 3 rings (SSSR count). The second-order valence-electron chi connectivity index (χ2n) is 6.82. The number of urea groups is 1. The summed E-state index contributed by atoms with van der Waals surface area (Å²) in [5, 5.41) is 5.84. The molecule has 1 aliphatic heterocycles. The SMILES string of the molecule is CC(=O)Nc1cccc(C(C)NC(=O)N2CCC(c3ccccc3)C2)c1. The Hall–Kier alpha value is -2.82. The van der Waals surface area contributed by atoms with Gasteiger partial charge >= 0.3 is 6.03 Å². The Morgan fingerprint density at radius 2 is 1.88 bits per heavy atom. The fourth-order valence-corrected chi connectivity index (χ4v) is 3.39. The third-order valence-electron chi connectivity index (χ3n) is 4.79. The van der Waals surface area contributed by atoms with Gasteiger partial charge in [-0.2, -0.15) is 0 Å². The molecule has 2 aromatic carbocycles. The Kier molecular flexibility index (Phi) is 5.56. The van der Waals surface area contributed by atoms with Crippen molar-refractivity contribution in [3.63, 3.8) is 0 Å². The molecule has 0 aromatic heterocycles. The van der Waals surface area contributed by atoms with E-state index in [0.29, 0.717) is 5.92 Å². The van der Waals surface area contributed by atoms with E-state index >= 15 is 0 Å². The maximum atomic E-state index is 12.6. The normalized spacial score (nSPS) is 17.6. The summed E-state index contributed by atoms with van der Waals surface area (Å²) >= 11 is 0. The van der Waals surface area contributed by atoms with E-state index in [-0.39, 0.29) is 18.0 Å². The van der Waals surface area contributed by atoms with Gasteiger partial charge in [0, 0.05) is 31.6 Å². The van der Waals surface area contributed by atoms with Crippen LogP contribution in [-0.4, -0.2) is 29.9 Å². The number of benzene rings is 2. The molecule has 1 fully saturated rings. The predicted octanol–water partition coefficient (Wildman–Crippen LogP) is 3.91. The Bertz CT molecular complexity index is 776. The Balaban J connectivity index is 1.59. The number of hydrogen-bond acceptors (Lipinski definition) is 2. The number of nitrogens with zero attached hydrogens (tertiary/aromatic N) is 1. The molecule has 26 heavy (non-hydrogen) atoms. The van der Waals surface area contributed by atoms with Crippen LogP contribution in [-0.2, 0) is 4.79 Å². The van der Waals surface area contributed by atoms with Gasteiger partial charge in [0.15, 0.2) is 0 Å². The lowest BCUT2D eigenvalue weighted by molar-refractivity contribution is -0.114. The minimum absolute atomic E-state index is 0.0409. The monoisotopic (exact) mass is 351 g/mol. The van der Waals surface area contributed by atoms with Gasteiger partial charge in [-0.3, -0.25) is 4.79 Å². The molecule has 1 saturated heterocycles. The van der Waals surface area contributed by atoms with Crippen molar-refractivity contribution in [2.45, 2.75) is 32.2 Å². The zero-order valence-corrected chi connectivity index (χ0v) is 15.2. The van der Waals surface area contributed by atoms with E-state index in [1.54, 1.807) is 0 Å². The Labute approximate surface area is 154 Å². The summed E-state index contributed by atoms with van der Waals surface area (Å²) in [5.41, 5.74) is 2.99. The highest BCUT2D eigenvalue weighted by Gasteiger charge is 2.27. The number of nitrogens with one attached hydrogen (secondary N) is 2. The molecule has 2 atom stereocenters. The van der Waals surface area contributed by atoms with Crippen LogP contribution in [0.25, 0.3) is 0 Å². The van der Waals surface area contributed by atoms with Crippen LogP contribution >= 0.6 is 0 Å². The van der Waals surface area contributed by atoms with E-state index in [9.17, 15) is 9.59 Å². The van der Waals surface area contributed by atoms with E-state index in [2.05, 4.69) is 22.8 Å². The van der Waals surface area contributed by atoms with Crippen LogP contribution in [0.5, 0.6) is 0 Å². The average Bonchev–Trinajstić information content (AvgIpc) is 3.12. The first kappa shape index (κ1) is 18.0. The molecular formula is C21H25N3O2. The van der Waals surface area contributed by atoms with Crippen molar-refractivity contribution >= 4 is 17.6 Å². The highest BCUT2D eigenvalue weighted by Crippen LogP contribution is 2.27. The summed E-state index contributed by atoms with van der Waals surface area (Å²) in [6.07, 6.45) is 0.990. The number of carbonyl (C=O) groups is 2. The minimum Gasteiger partial charge on any atom is -0.331 e. The first-order valence-electron chi connectivity index (χ1n) is 9.01. The fourth-order valence-electron chi connectivity index (χ4n) is 3.39. The molecule has 5 heteroatoms. The van der Waals surface area contributed by atoms with Crippen molar-refractivity contribution < 1.29 is 9.59 Å². The zero-order valence-electron chi connectivity index (χ0n) is 15.2. The molecule has 1 aliphatic rings. The van der Waals surface area contributed by atoms with Gasteiger partial charge in [-0.05, 0) is 36.6 Å². The summed E-state index contributed by atoms with van der Waals surface area (Å²) in [7, 11) is 0. The molecule has 1 heterocycles. The third-order valence-corrected chi connectivity index (χ3v) is 4.79. The summed E-state index contributed by atoms with van der Waals surface area (Å²) in [6, 6.07) is 17.7. The van der Waals surface area contributed by atoms with Crippen molar-refractivity contribution in [1.82, 2.24) is 10.2 Å². The predicted molar refractivity (Wildman–Crippen MR) is 103 cm³/mol. The molecule has 0 aliphatic carbocycles. The first-order valence-corrected chi connectivity index (χ1v) is 9.01. The maximum absolute atomic E-state index is 12.6. The van der Waals surface area contributed by atoms with Crippen molar-refractivity contribution in [2.75, 3.05) is 18.4 Å². The number of carbonyl (C=O) groups excluding carboxylic acids is 2. The number of anilines is 1. The van der Waals surface area contributed by atoms with Crippen LogP contribution in [0.2, 0.25) is 0 Å². The van der Waals surface area contributed by atoms with Gasteiger partial charge in [0.1, 0.15) is 0 Å². The van der Waals surface area contributed by atoms with Gasteiger partial charge in [0.25, 0.3) is 0 Å². The maximum Gasteiger partial charge on any atom is 0.317 e. The molecule has 3 amide bonds. The summed E-state index contributed by atoms with van der Waals surface area (Å²) in [4.78, 5) is 25.7. The first-order chi connectivity index (χ1) is 12.5. The Morgan fingerprint density at radius 1 is 1.12 bits per heavy atom. The topological polar surface area (TPSA) is 61.4 Å². The van der Waals surface area contributed by atoms with Gasteiger partial charge in [-0.15, -0.1) is 0 Å². The number of likely N-dealkylation sites (tertiary alicyclic amines) is 1. The van der Waals surface area contributed by atoms with Crippen LogP contribution in [0.15, 0.2) is 54.6 Å². The fraction of sp³-hybridized carbons (Fsp3) is 0.333. The van der Waals surface area contributed by atoms with Crippen molar-refractivity contribution in [3.8, 4) is 0 Å². The van der Waals surface area contributed by atoms with E-state index in [1.165, 1.54) is 12.5 Å². The second-order valence-corrected chi connectivity index (χ2v) is 6.82. The summed E-state index contributed by atoms with van der Waals surface area (Å²) in [6.45, 7) is 4.95. The molecule has 2 unspecified atom stereocenters. The number of rotatable bonds is 4. The van der Waals surface area contributed by atoms with Crippen molar-refractivity contribution in [3.05, 3.63) is 65.7 Å². The second kappa shape index (κ2) is 8.04.